The third kappa shape index (κ3) is 3.14. The van der Waals surface area contributed by atoms with Crippen molar-refractivity contribution in [2.24, 2.45) is 0 Å². The van der Waals surface area contributed by atoms with Gasteiger partial charge in [0.15, 0.2) is 0 Å². The minimum absolute atomic E-state index is 0.222. The van der Waals surface area contributed by atoms with Gasteiger partial charge in [-0.25, -0.2) is 13.8 Å². The number of hydrogen-bond donors (Lipinski definition) is 0. The van der Waals surface area contributed by atoms with Crippen molar-refractivity contribution in [2.75, 3.05) is 0 Å². The minimum atomic E-state index is -0.484. The Morgan fingerprint density at radius 2 is 2.09 bits per heavy atom. The van der Waals surface area contributed by atoms with Crippen molar-refractivity contribution in [3.63, 3.8) is 0 Å². The molecule has 0 amide bonds. The second kappa shape index (κ2) is 6.20. The highest BCUT2D eigenvalue weighted by molar-refractivity contribution is 5.88. The third-order valence-electron chi connectivity index (χ3n) is 3.19. The fraction of sp³-hybridized carbons (Fsp3) is 0. The predicted molar refractivity (Wildman–Crippen MR) is 81.2 cm³/mol. The van der Waals surface area contributed by atoms with Crippen LogP contribution in [0.15, 0.2) is 55.2 Å². The van der Waals surface area contributed by atoms with Crippen LogP contribution in [0.25, 0.3) is 17.3 Å². The summed E-state index contributed by atoms with van der Waals surface area (Å²) in [5.74, 6) is -0.928. The number of nitriles is 1. The number of halogens is 2. The second-order valence-corrected chi connectivity index (χ2v) is 4.71. The Balaban J connectivity index is 1.96. The molecule has 1 aromatic carbocycles. The van der Waals surface area contributed by atoms with Crippen LogP contribution in [-0.2, 0) is 0 Å². The van der Waals surface area contributed by atoms with E-state index in [1.165, 1.54) is 30.6 Å². The van der Waals surface area contributed by atoms with E-state index < -0.39 is 11.6 Å². The summed E-state index contributed by atoms with van der Waals surface area (Å²) in [6, 6.07) is 9.20. The maximum Gasteiger partial charge on any atom is 0.147 e. The average molecular weight is 308 g/mol. The Morgan fingerprint density at radius 3 is 2.70 bits per heavy atom. The van der Waals surface area contributed by atoms with Crippen molar-refractivity contribution in [3.8, 4) is 11.8 Å². The first-order chi connectivity index (χ1) is 11.2. The van der Waals surface area contributed by atoms with Crippen LogP contribution < -0.4 is 0 Å². The van der Waals surface area contributed by atoms with Crippen LogP contribution in [0.4, 0.5) is 8.78 Å². The fourth-order valence-electron chi connectivity index (χ4n) is 2.09. The molecule has 112 valence electrons. The molecule has 3 rings (SSSR count). The van der Waals surface area contributed by atoms with Crippen molar-refractivity contribution < 1.29 is 8.78 Å². The first-order valence-electron chi connectivity index (χ1n) is 6.69. The van der Waals surface area contributed by atoms with Crippen LogP contribution in [0.1, 0.15) is 11.3 Å². The van der Waals surface area contributed by atoms with Gasteiger partial charge >= 0.3 is 0 Å². The van der Waals surface area contributed by atoms with Crippen LogP contribution in [0.3, 0.4) is 0 Å². The molecule has 0 aliphatic rings. The van der Waals surface area contributed by atoms with E-state index in [4.69, 9.17) is 0 Å². The molecular formula is C17H10F2N4. The molecule has 0 saturated carbocycles. The lowest BCUT2D eigenvalue weighted by Gasteiger charge is -2.05. The van der Waals surface area contributed by atoms with E-state index in [0.29, 0.717) is 16.9 Å². The molecule has 6 heteroatoms. The van der Waals surface area contributed by atoms with E-state index in [2.05, 4.69) is 9.97 Å². The molecule has 2 aromatic heterocycles. The quantitative estimate of drug-likeness (QED) is 0.695. The van der Waals surface area contributed by atoms with Gasteiger partial charge in [-0.1, -0.05) is 6.07 Å². The molecule has 23 heavy (non-hydrogen) atoms. The van der Waals surface area contributed by atoms with Gasteiger partial charge in [-0.15, -0.1) is 0 Å². The van der Waals surface area contributed by atoms with E-state index in [9.17, 15) is 14.0 Å². The van der Waals surface area contributed by atoms with Crippen molar-refractivity contribution in [1.82, 2.24) is 14.5 Å². The Labute approximate surface area is 131 Å². The van der Waals surface area contributed by atoms with E-state index in [-0.39, 0.29) is 5.57 Å². The summed E-state index contributed by atoms with van der Waals surface area (Å²) < 4.78 is 28.6. The smallest absolute Gasteiger partial charge is 0.147 e. The van der Waals surface area contributed by atoms with Crippen LogP contribution in [0.5, 0.6) is 0 Å². The number of imidazole rings is 1. The number of pyridine rings is 1. The molecule has 4 nitrogen and oxygen atoms in total. The summed E-state index contributed by atoms with van der Waals surface area (Å²) in [6.45, 7) is 0. The number of hydrogen-bond acceptors (Lipinski definition) is 3. The normalized spacial score (nSPS) is 11.3. The lowest BCUT2D eigenvalue weighted by Crippen LogP contribution is -1.95. The van der Waals surface area contributed by atoms with Gasteiger partial charge in [-0.2, -0.15) is 5.26 Å². The van der Waals surface area contributed by atoms with E-state index in [1.54, 1.807) is 29.1 Å². The summed E-state index contributed by atoms with van der Waals surface area (Å²) >= 11 is 0. The highest BCUT2D eigenvalue weighted by atomic mass is 19.1. The molecule has 0 spiro atoms. The van der Waals surface area contributed by atoms with E-state index in [1.807, 2.05) is 6.07 Å². The predicted octanol–water partition coefficient (Wildman–Crippen LogP) is 3.61. The molecule has 3 aromatic rings. The number of aromatic nitrogens is 3. The summed E-state index contributed by atoms with van der Waals surface area (Å²) in [5.41, 5.74) is 1.42. The van der Waals surface area contributed by atoms with Crippen LogP contribution >= 0.6 is 0 Å². The van der Waals surface area contributed by atoms with Gasteiger partial charge in [0.05, 0.1) is 29.5 Å². The van der Waals surface area contributed by atoms with E-state index in [0.717, 1.165) is 6.20 Å². The molecule has 0 bridgehead atoms. The first kappa shape index (κ1) is 14.6. The molecule has 0 fully saturated rings. The molecule has 0 radical (unpaired) electrons. The summed E-state index contributed by atoms with van der Waals surface area (Å²) in [7, 11) is 0. The van der Waals surface area contributed by atoms with Crippen molar-refractivity contribution in [1.29, 1.82) is 5.26 Å². The molecule has 0 aliphatic carbocycles. The lowest BCUT2D eigenvalue weighted by molar-refractivity contribution is 0.618. The van der Waals surface area contributed by atoms with E-state index >= 15 is 0 Å². The summed E-state index contributed by atoms with van der Waals surface area (Å²) in [5, 5.41) is 9.23. The molecule has 0 unspecified atom stereocenters. The van der Waals surface area contributed by atoms with Crippen molar-refractivity contribution >= 4 is 11.6 Å². The van der Waals surface area contributed by atoms with Gasteiger partial charge in [0.2, 0.25) is 0 Å². The SMILES string of the molecule is N#C/C(=C\c1ccc(-n2ccnc2)c(F)c1)c1ccc(F)cn1. The highest BCUT2D eigenvalue weighted by Gasteiger charge is 2.07. The molecular weight excluding hydrogens is 298 g/mol. The van der Waals surface area contributed by atoms with Crippen LogP contribution in [0, 0.1) is 23.0 Å². The molecule has 2 heterocycles. The maximum atomic E-state index is 14.2. The second-order valence-electron chi connectivity index (χ2n) is 4.71. The minimum Gasteiger partial charge on any atom is -0.303 e. The fourth-order valence-corrected chi connectivity index (χ4v) is 2.09. The molecule has 0 aliphatic heterocycles. The maximum absolute atomic E-state index is 14.2. The lowest BCUT2D eigenvalue weighted by atomic mass is 10.1. The van der Waals surface area contributed by atoms with Gasteiger partial charge in [0.25, 0.3) is 0 Å². The summed E-state index contributed by atoms with van der Waals surface area (Å²) in [4.78, 5) is 7.73. The van der Waals surface area contributed by atoms with Crippen molar-refractivity contribution in [2.45, 2.75) is 0 Å². The number of nitrogens with zero attached hydrogens (tertiary/aromatic N) is 4. The standard InChI is InChI=1S/C17H10F2N4/c18-14-2-3-16(22-10-14)13(9-20)7-12-1-4-17(15(19)8-12)23-6-5-21-11-23/h1-8,10-11H/b13-7+. The highest BCUT2D eigenvalue weighted by Crippen LogP contribution is 2.20. The topological polar surface area (TPSA) is 54.5 Å². The van der Waals surface area contributed by atoms with Crippen LogP contribution in [-0.4, -0.2) is 14.5 Å². The van der Waals surface area contributed by atoms with Gasteiger partial charge in [-0.3, -0.25) is 4.98 Å². The Hall–Kier alpha value is -3.33. The third-order valence-corrected chi connectivity index (χ3v) is 3.19. The van der Waals surface area contributed by atoms with Gasteiger partial charge in [0.1, 0.15) is 17.7 Å². The van der Waals surface area contributed by atoms with Gasteiger partial charge in [-0.05, 0) is 35.9 Å². The van der Waals surface area contributed by atoms with Crippen LogP contribution in [0.2, 0.25) is 0 Å². The number of benzene rings is 1. The molecule has 0 saturated heterocycles. The summed E-state index contributed by atoms with van der Waals surface area (Å²) in [6.07, 6.45) is 7.22. The first-order valence-corrected chi connectivity index (χ1v) is 6.69. The Morgan fingerprint density at radius 1 is 1.22 bits per heavy atom. The zero-order valence-corrected chi connectivity index (χ0v) is 11.8. The molecule has 0 atom stereocenters. The van der Waals surface area contributed by atoms with Gasteiger partial charge < -0.3 is 4.57 Å². The monoisotopic (exact) mass is 308 g/mol. The number of allylic oxidation sites excluding steroid dienone is 1. The zero-order chi connectivity index (χ0) is 16.2. The molecule has 0 N–H and O–H groups in total. The largest absolute Gasteiger partial charge is 0.303 e. The van der Waals surface area contributed by atoms with Crippen molar-refractivity contribution in [3.05, 3.63) is 78.1 Å². The average Bonchev–Trinajstić information content (AvgIpc) is 3.08. The Kier molecular flexibility index (Phi) is 3.93. The zero-order valence-electron chi connectivity index (χ0n) is 11.8. The van der Waals surface area contributed by atoms with Gasteiger partial charge in [0, 0.05) is 12.4 Å². The number of rotatable bonds is 3. The Bertz CT molecular complexity index is 891.